The first-order chi connectivity index (χ1) is 17.5. The Kier molecular flexibility index (Phi) is 5.90. The zero-order valence-corrected chi connectivity index (χ0v) is 21.1. The number of rotatable bonds is 5. The molecule has 2 fully saturated rings. The third-order valence-corrected chi connectivity index (χ3v) is 8.26. The van der Waals surface area contributed by atoms with Crippen LogP contribution in [0.3, 0.4) is 0 Å². The molecule has 3 aliphatic rings. The highest BCUT2D eigenvalue weighted by molar-refractivity contribution is 6.04. The van der Waals surface area contributed by atoms with Crippen LogP contribution in [0.2, 0.25) is 0 Å². The summed E-state index contributed by atoms with van der Waals surface area (Å²) in [6.45, 7) is 2.07. The Balaban J connectivity index is 1.36. The molecule has 1 atom stereocenters. The third-order valence-electron chi connectivity index (χ3n) is 8.26. The lowest BCUT2D eigenvalue weighted by molar-refractivity contribution is -0.120. The second kappa shape index (κ2) is 9.22. The zero-order valence-electron chi connectivity index (χ0n) is 21.1. The van der Waals surface area contributed by atoms with Gasteiger partial charge in [-0.15, -0.1) is 0 Å². The van der Waals surface area contributed by atoms with Crippen LogP contribution in [0.1, 0.15) is 75.1 Å². The fraction of sp³-hybridized carbons (Fsp3) is 0.500. The molecule has 8 nitrogen and oxygen atoms in total. The summed E-state index contributed by atoms with van der Waals surface area (Å²) in [5.74, 6) is 1.53. The number of amides is 2. The van der Waals surface area contributed by atoms with Crippen LogP contribution in [0.25, 0.3) is 16.9 Å². The topological polar surface area (TPSA) is 83.4 Å². The lowest BCUT2D eigenvalue weighted by atomic mass is 10.0. The molecule has 2 saturated carbocycles. The average Bonchev–Trinajstić information content (AvgIpc) is 3.67. The molecular formula is C28H34N6O2. The Hall–Kier alpha value is -3.42. The maximum atomic E-state index is 13.2. The molecule has 0 bridgehead atoms. The van der Waals surface area contributed by atoms with E-state index in [-0.39, 0.29) is 17.9 Å². The van der Waals surface area contributed by atoms with Crippen molar-refractivity contribution in [2.75, 3.05) is 16.8 Å². The molecule has 6 rings (SSSR count). The lowest BCUT2D eigenvalue weighted by Gasteiger charge is -2.43. The van der Waals surface area contributed by atoms with Crippen molar-refractivity contribution in [2.24, 2.45) is 0 Å². The number of nitrogens with one attached hydrogen (secondary N) is 1. The maximum absolute atomic E-state index is 13.2. The zero-order chi connectivity index (χ0) is 24.8. The highest BCUT2D eigenvalue weighted by Crippen LogP contribution is 2.39. The van der Waals surface area contributed by atoms with Crippen LogP contribution < -0.4 is 15.1 Å². The summed E-state index contributed by atoms with van der Waals surface area (Å²) in [6, 6.07) is 8.23. The van der Waals surface area contributed by atoms with E-state index in [2.05, 4.69) is 22.1 Å². The van der Waals surface area contributed by atoms with E-state index in [4.69, 9.17) is 4.98 Å². The van der Waals surface area contributed by atoms with Crippen molar-refractivity contribution in [1.82, 2.24) is 19.9 Å². The second-order valence-corrected chi connectivity index (χ2v) is 10.5. The van der Waals surface area contributed by atoms with Gasteiger partial charge in [0.25, 0.3) is 5.91 Å². The summed E-state index contributed by atoms with van der Waals surface area (Å²) in [4.78, 5) is 39.6. The summed E-state index contributed by atoms with van der Waals surface area (Å²) in [5, 5.41) is 4.15. The highest BCUT2D eigenvalue weighted by atomic mass is 16.2. The Morgan fingerprint density at radius 3 is 2.58 bits per heavy atom. The number of carbonyl (C=O) groups excluding carboxylic acids is 2. The van der Waals surface area contributed by atoms with Crippen molar-refractivity contribution < 1.29 is 9.59 Å². The number of aromatic nitrogens is 3. The van der Waals surface area contributed by atoms with Gasteiger partial charge in [-0.2, -0.15) is 4.98 Å². The first kappa shape index (κ1) is 23.0. The minimum atomic E-state index is -0.198. The van der Waals surface area contributed by atoms with Crippen molar-refractivity contribution in [3.05, 3.63) is 42.2 Å². The predicted molar refractivity (Wildman–Crippen MR) is 141 cm³/mol. The molecule has 2 amide bonds. The number of hydrogen-bond acceptors (Lipinski definition) is 5. The fourth-order valence-electron chi connectivity index (χ4n) is 6.29. The highest BCUT2D eigenvalue weighted by Gasteiger charge is 2.41. The van der Waals surface area contributed by atoms with Gasteiger partial charge in [0.1, 0.15) is 11.7 Å². The van der Waals surface area contributed by atoms with Gasteiger partial charge in [0, 0.05) is 36.3 Å². The molecular weight excluding hydrogens is 452 g/mol. The van der Waals surface area contributed by atoms with Crippen molar-refractivity contribution in [1.29, 1.82) is 0 Å². The normalized spacial score (nSPS) is 20.9. The quantitative estimate of drug-likeness (QED) is 0.570. The second-order valence-electron chi connectivity index (χ2n) is 10.5. The Labute approximate surface area is 211 Å². The monoisotopic (exact) mass is 486 g/mol. The van der Waals surface area contributed by atoms with E-state index in [1.54, 1.807) is 11.1 Å². The number of benzene rings is 1. The summed E-state index contributed by atoms with van der Waals surface area (Å²) in [5.41, 5.74) is 2.39. The Bertz CT molecular complexity index is 1300. The molecule has 8 heteroatoms. The van der Waals surface area contributed by atoms with Crippen LogP contribution in [-0.4, -0.2) is 51.5 Å². The van der Waals surface area contributed by atoms with Crippen molar-refractivity contribution in [2.45, 2.75) is 82.8 Å². The number of hydrogen-bond donors (Lipinski definition) is 1. The molecule has 0 spiro atoms. The van der Waals surface area contributed by atoms with Gasteiger partial charge in [0.05, 0.1) is 11.7 Å². The molecule has 1 aliphatic heterocycles. The first-order valence-electron chi connectivity index (χ1n) is 13.4. The largest absolute Gasteiger partial charge is 0.349 e. The predicted octanol–water partition coefficient (Wildman–Crippen LogP) is 4.60. The summed E-state index contributed by atoms with van der Waals surface area (Å²) < 4.78 is 1.97. The standard InChI is InChI=1S/C28H34N6O2/c1-3-22-27(36)32(2)24-17-29-28(31-25(24)34(22)21-10-6-7-11-21)33-15-14-18-16-19(12-13-23(18)33)26(35)30-20-8-4-5-9-20/h12-17,20-22H,3-11H2,1-2H3,(H,30,35)/t22-/m1/s1. The van der Waals surface area contributed by atoms with E-state index in [1.165, 1.54) is 25.7 Å². The van der Waals surface area contributed by atoms with Crippen LogP contribution in [0.4, 0.5) is 11.5 Å². The molecule has 2 aromatic heterocycles. The molecule has 0 unspecified atom stereocenters. The molecule has 0 radical (unpaired) electrons. The van der Waals surface area contributed by atoms with Crippen LogP contribution in [-0.2, 0) is 4.79 Å². The van der Waals surface area contributed by atoms with Gasteiger partial charge < -0.3 is 15.1 Å². The van der Waals surface area contributed by atoms with E-state index >= 15 is 0 Å². The van der Waals surface area contributed by atoms with E-state index in [1.807, 2.05) is 42.1 Å². The molecule has 188 valence electrons. The Morgan fingerprint density at radius 2 is 1.83 bits per heavy atom. The van der Waals surface area contributed by atoms with Gasteiger partial charge in [-0.25, -0.2) is 4.98 Å². The summed E-state index contributed by atoms with van der Waals surface area (Å²) in [6.07, 6.45) is 13.5. The third kappa shape index (κ3) is 3.83. The first-order valence-corrected chi connectivity index (χ1v) is 13.4. The number of carbonyl (C=O) groups is 2. The lowest BCUT2D eigenvalue weighted by Crippen LogP contribution is -2.55. The van der Waals surface area contributed by atoms with Crippen molar-refractivity contribution in [3.8, 4) is 5.95 Å². The summed E-state index contributed by atoms with van der Waals surface area (Å²) in [7, 11) is 1.82. The molecule has 36 heavy (non-hydrogen) atoms. The van der Waals surface area contributed by atoms with Crippen LogP contribution >= 0.6 is 0 Å². The van der Waals surface area contributed by atoms with E-state index in [0.29, 0.717) is 23.6 Å². The minimum Gasteiger partial charge on any atom is -0.349 e. The molecule has 3 heterocycles. The molecule has 1 N–H and O–H groups in total. The van der Waals surface area contributed by atoms with Crippen molar-refractivity contribution in [3.63, 3.8) is 0 Å². The van der Waals surface area contributed by atoms with Gasteiger partial charge in [0.15, 0.2) is 5.82 Å². The van der Waals surface area contributed by atoms with Crippen LogP contribution in [0.15, 0.2) is 36.7 Å². The fourth-order valence-corrected chi connectivity index (χ4v) is 6.29. The number of fused-ring (bicyclic) bond motifs is 2. The van der Waals surface area contributed by atoms with Gasteiger partial charge in [-0.1, -0.05) is 32.6 Å². The van der Waals surface area contributed by atoms with Crippen LogP contribution in [0, 0.1) is 0 Å². The molecule has 1 aromatic carbocycles. The SMILES string of the molecule is CC[C@@H]1C(=O)N(C)c2cnc(-n3ccc4cc(C(=O)NC5CCCC5)ccc43)nc2N1C1CCCC1. The number of likely N-dealkylation sites (N-methyl/N-ethyl adjacent to an activating group) is 1. The van der Waals surface area contributed by atoms with Crippen molar-refractivity contribution >= 4 is 34.2 Å². The Morgan fingerprint density at radius 1 is 1.08 bits per heavy atom. The van der Waals surface area contributed by atoms with E-state index in [0.717, 1.165) is 54.5 Å². The molecule has 0 saturated heterocycles. The maximum Gasteiger partial charge on any atom is 0.251 e. The van der Waals surface area contributed by atoms with Gasteiger partial charge >= 0.3 is 0 Å². The molecule has 3 aromatic rings. The minimum absolute atomic E-state index is 0.00732. The number of nitrogens with zero attached hydrogens (tertiary/aromatic N) is 5. The molecule has 2 aliphatic carbocycles. The average molecular weight is 487 g/mol. The number of anilines is 2. The van der Waals surface area contributed by atoms with Crippen LogP contribution in [0.5, 0.6) is 0 Å². The van der Waals surface area contributed by atoms with E-state index in [9.17, 15) is 9.59 Å². The smallest absolute Gasteiger partial charge is 0.251 e. The van der Waals surface area contributed by atoms with Gasteiger partial charge in [-0.05, 0) is 56.4 Å². The summed E-state index contributed by atoms with van der Waals surface area (Å²) >= 11 is 0. The van der Waals surface area contributed by atoms with Gasteiger partial charge in [-0.3, -0.25) is 14.2 Å². The van der Waals surface area contributed by atoms with Gasteiger partial charge in [0.2, 0.25) is 11.9 Å². The van der Waals surface area contributed by atoms with E-state index < -0.39 is 0 Å².